The molecule has 1 aliphatic heterocycles. The molecule has 2 N–H and O–H groups in total. The second-order valence-corrected chi connectivity index (χ2v) is 5.76. The molecule has 3 heterocycles. The van der Waals surface area contributed by atoms with Crippen LogP contribution in [0.4, 0.5) is 5.82 Å². The summed E-state index contributed by atoms with van der Waals surface area (Å²) in [7, 11) is 0. The van der Waals surface area contributed by atoms with Crippen LogP contribution in [-0.2, 0) is 4.79 Å². The van der Waals surface area contributed by atoms with Gasteiger partial charge in [-0.1, -0.05) is 44.2 Å². The van der Waals surface area contributed by atoms with Gasteiger partial charge < -0.3 is 4.98 Å². The Morgan fingerprint density at radius 2 is 1.96 bits per heavy atom. The summed E-state index contributed by atoms with van der Waals surface area (Å²) in [5.41, 5.74) is 6.16. The zero-order valence-electron chi connectivity index (χ0n) is 14.8. The van der Waals surface area contributed by atoms with Crippen molar-refractivity contribution in [3.8, 4) is 0 Å². The van der Waals surface area contributed by atoms with Gasteiger partial charge in [0.05, 0.1) is 11.4 Å². The maximum atomic E-state index is 12.3. The van der Waals surface area contributed by atoms with E-state index in [4.69, 9.17) is 0 Å². The standard InChI is InChI=1S/C17H17N5O.C2H6/c1-11-9-18-16-15(11)17(20-10-19-16)21-22-13(7-8-14(22)23)12-5-3-2-4-6-12;1-2/h2-6,9-10,13H,7-8H2,1H3,(H2,18,19,20,21);1-2H3. The van der Waals surface area contributed by atoms with Gasteiger partial charge in [0.25, 0.3) is 0 Å². The summed E-state index contributed by atoms with van der Waals surface area (Å²) < 4.78 is 0. The van der Waals surface area contributed by atoms with Crippen molar-refractivity contribution in [1.29, 1.82) is 0 Å². The van der Waals surface area contributed by atoms with E-state index in [1.807, 2.05) is 45.2 Å². The Morgan fingerprint density at radius 1 is 1.20 bits per heavy atom. The number of hydrogen-bond acceptors (Lipinski definition) is 4. The van der Waals surface area contributed by atoms with Gasteiger partial charge in [-0.3, -0.25) is 10.2 Å². The van der Waals surface area contributed by atoms with Crippen molar-refractivity contribution < 1.29 is 4.79 Å². The van der Waals surface area contributed by atoms with Crippen LogP contribution < -0.4 is 5.43 Å². The molecule has 6 heteroatoms. The van der Waals surface area contributed by atoms with E-state index in [0.29, 0.717) is 12.2 Å². The third-order valence-corrected chi connectivity index (χ3v) is 4.29. The number of aromatic nitrogens is 3. The molecule has 3 aromatic rings. The van der Waals surface area contributed by atoms with Crippen molar-refractivity contribution in [3.63, 3.8) is 0 Å². The van der Waals surface area contributed by atoms with Crippen LogP contribution in [0, 0.1) is 6.92 Å². The summed E-state index contributed by atoms with van der Waals surface area (Å²) in [5, 5.41) is 2.61. The quantitative estimate of drug-likeness (QED) is 0.758. The number of fused-ring (bicyclic) bond motifs is 1. The van der Waals surface area contributed by atoms with Crippen LogP contribution in [0.15, 0.2) is 42.9 Å². The maximum Gasteiger partial charge on any atom is 0.241 e. The molecule has 0 aliphatic carbocycles. The number of H-pyrrole nitrogens is 1. The Morgan fingerprint density at radius 3 is 2.72 bits per heavy atom. The highest BCUT2D eigenvalue weighted by atomic mass is 16.2. The topological polar surface area (TPSA) is 73.9 Å². The number of rotatable bonds is 3. The monoisotopic (exact) mass is 337 g/mol. The SMILES string of the molecule is CC.Cc1c[nH]c2ncnc(NN3C(=O)CCC3c3ccccc3)c12. The van der Waals surface area contributed by atoms with Crippen molar-refractivity contribution in [2.75, 3.05) is 5.43 Å². The Hall–Kier alpha value is -2.89. The summed E-state index contributed by atoms with van der Waals surface area (Å²) >= 11 is 0. The van der Waals surface area contributed by atoms with Gasteiger partial charge in [-0.05, 0) is 24.5 Å². The Labute approximate surface area is 147 Å². The summed E-state index contributed by atoms with van der Waals surface area (Å²) in [6, 6.07) is 10.1. The van der Waals surface area contributed by atoms with E-state index in [2.05, 4.69) is 32.5 Å². The molecule has 1 fully saturated rings. The zero-order valence-corrected chi connectivity index (χ0v) is 14.8. The molecule has 0 radical (unpaired) electrons. The average Bonchev–Trinajstić information content (AvgIpc) is 3.22. The lowest BCUT2D eigenvalue weighted by Crippen LogP contribution is -2.33. The Kier molecular flexibility index (Phi) is 4.97. The van der Waals surface area contributed by atoms with Gasteiger partial charge in [0.1, 0.15) is 12.0 Å². The number of hydrogen-bond donors (Lipinski definition) is 2. The second kappa shape index (κ2) is 7.34. The fourth-order valence-corrected chi connectivity index (χ4v) is 3.13. The number of aromatic amines is 1. The molecule has 130 valence electrons. The van der Waals surface area contributed by atoms with E-state index >= 15 is 0 Å². The fraction of sp³-hybridized carbons (Fsp3) is 0.316. The first-order chi connectivity index (χ1) is 12.2. The number of amides is 1. The van der Waals surface area contributed by atoms with Crippen LogP contribution in [0.1, 0.15) is 43.9 Å². The van der Waals surface area contributed by atoms with Gasteiger partial charge in [-0.2, -0.15) is 0 Å². The minimum Gasteiger partial charge on any atom is -0.346 e. The van der Waals surface area contributed by atoms with Crippen LogP contribution >= 0.6 is 0 Å². The van der Waals surface area contributed by atoms with E-state index < -0.39 is 0 Å². The van der Waals surface area contributed by atoms with Crippen LogP contribution in [0.3, 0.4) is 0 Å². The lowest BCUT2D eigenvalue weighted by atomic mass is 10.1. The summed E-state index contributed by atoms with van der Waals surface area (Å²) in [5.74, 6) is 0.740. The van der Waals surface area contributed by atoms with E-state index in [9.17, 15) is 4.79 Å². The number of hydrazine groups is 1. The van der Waals surface area contributed by atoms with Gasteiger partial charge in [0.2, 0.25) is 5.91 Å². The van der Waals surface area contributed by atoms with E-state index in [-0.39, 0.29) is 11.9 Å². The Bertz CT molecular complexity index is 859. The smallest absolute Gasteiger partial charge is 0.241 e. The van der Waals surface area contributed by atoms with Gasteiger partial charge in [-0.15, -0.1) is 0 Å². The number of benzene rings is 1. The minimum absolute atomic E-state index is 0.0213. The number of carbonyl (C=O) groups excluding carboxylic acids is 1. The predicted octanol–water partition coefficient (Wildman–Crippen LogP) is 3.98. The van der Waals surface area contributed by atoms with Crippen molar-refractivity contribution in [2.24, 2.45) is 0 Å². The van der Waals surface area contributed by atoms with Gasteiger partial charge in [0.15, 0.2) is 5.82 Å². The molecule has 1 aromatic carbocycles. The molecule has 6 nitrogen and oxygen atoms in total. The highest BCUT2D eigenvalue weighted by Crippen LogP contribution is 2.34. The molecule has 1 amide bonds. The maximum absolute atomic E-state index is 12.3. The average molecular weight is 337 g/mol. The lowest BCUT2D eigenvalue weighted by Gasteiger charge is -2.26. The Balaban J connectivity index is 0.000000880. The molecule has 2 aromatic heterocycles. The first kappa shape index (κ1) is 17.0. The van der Waals surface area contributed by atoms with E-state index in [0.717, 1.165) is 28.6 Å². The molecule has 1 atom stereocenters. The van der Waals surface area contributed by atoms with Gasteiger partial charge in [-0.25, -0.2) is 15.0 Å². The number of aryl methyl sites for hydroxylation is 1. The molecule has 0 saturated carbocycles. The van der Waals surface area contributed by atoms with Crippen molar-refractivity contribution in [2.45, 2.75) is 39.7 Å². The number of nitrogens with one attached hydrogen (secondary N) is 2. The third kappa shape index (κ3) is 3.20. The largest absolute Gasteiger partial charge is 0.346 e. The normalized spacial score (nSPS) is 16.7. The van der Waals surface area contributed by atoms with Gasteiger partial charge in [0, 0.05) is 12.6 Å². The molecule has 0 spiro atoms. The first-order valence-corrected chi connectivity index (χ1v) is 8.66. The van der Waals surface area contributed by atoms with Crippen LogP contribution in [0.25, 0.3) is 11.0 Å². The van der Waals surface area contributed by atoms with E-state index in [1.54, 1.807) is 5.01 Å². The summed E-state index contributed by atoms with van der Waals surface area (Å²) in [6.45, 7) is 5.99. The molecule has 4 rings (SSSR count). The van der Waals surface area contributed by atoms with Crippen LogP contribution in [0.2, 0.25) is 0 Å². The van der Waals surface area contributed by atoms with Crippen LogP contribution in [0.5, 0.6) is 0 Å². The summed E-state index contributed by atoms with van der Waals surface area (Å²) in [4.78, 5) is 24.0. The van der Waals surface area contributed by atoms with Crippen molar-refractivity contribution >= 4 is 22.8 Å². The highest BCUT2D eigenvalue weighted by molar-refractivity contribution is 5.91. The third-order valence-electron chi connectivity index (χ3n) is 4.29. The van der Waals surface area contributed by atoms with Crippen molar-refractivity contribution in [1.82, 2.24) is 20.0 Å². The minimum atomic E-state index is 0.0213. The summed E-state index contributed by atoms with van der Waals surface area (Å²) in [6.07, 6.45) is 4.73. The number of carbonyl (C=O) groups is 1. The van der Waals surface area contributed by atoms with E-state index in [1.165, 1.54) is 6.33 Å². The lowest BCUT2D eigenvalue weighted by molar-refractivity contribution is -0.127. The number of anilines is 1. The molecular weight excluding hydrogens is 314 g/mol. The van der Waals surface area contributed by atoms with Gasteiger partial charge >= 0.3 is 0 Å². The molecule has 25 heavy (non-hydrogen) atoms. The zero-order chi connectivity index (χ0) is 17.8. The second-order valence-electron chi connectivity index (χ2n) is 5.76. The first-order valence-electron chi connectivity index (χ1n) is 8.66. The van der Waals surface area contributed by atoms with Crippen LogP contribution in [-0.4, -0.2) is 25.9 Å². The predicted molar refractivity (Wildman–Crippen MR) is 98.9 cm³/mol. The molecular formula is C19H23N5O. The fourth-order valence-electron chi connectivity index (χ4n) is 3.13. The highest BCUT2D eigenvalue weighted by Gasteiger charge is 2.33. The number of nitrogens with zero attached hydrogens (tertiary/aromatic N) is 3. The molecule has 0 bridgehead atoms. The van der Waals surface area contributed by atoms with Crippen molar-refractivity contribution in [3.05, 3.63) is 54.0 Å². The molecule has 1 aliphatic rings. The molecule has 1 unspecified atom stereocenters. The molecule has 1 saturated heterocycles.